The number of aliphatic hydroxyl groups excluding tert-OH is 1. The summed E-state index contributed by atoms with van der Waals surface area (Å²) in [6.45, 7) is 5.66. The minimum absolute atomic E-state index is 0.303. The molecule has 2 unspecified atom stereocenters. The van der Waals surface area contributed by atoms with Crippen LogP contribution in [0.5, 0.6) is 0 Å². The zero-order valence-electron chi connectivity index (χ0n) is 13.3. The van der Waals surface area contributed by atoms with Crippen molar-refractivity contribution in [2.45, 2.75) is 51.1 Å². The van der Waals surface area contributed by atoms with E-state index in [1.165, 1.54) is 24.8 Å². The summed E-state index contributed by atoms with van der Waals surface area (Å²) < 4.78 is 0. The largest absolute Gasteiger partial charge is 0.395 e. The monoisotopic (exact) mass is 290 g/mol. The Morgan fingerprint density at radius 1 is 1.24 bits per heavy atom. The number of hydrogen-bond donors (Lipinski definition) is 2. The van der Waals surface area contributed by atoms with Crippen LogP contribution in [0.3, 0.4) is 0 Å². The second kappa shape index (κ2) is 9.19. The van der Waals surface area contributed by atoms with Crippen LogP contribution in [-0.2, 0) is 0 Å². The lowest BCUT2D eigenvalue weighted by molar-refractivity contribution is 0.120. The first kappa shape index (κ1) is 16.5. The van der Waals surface area contributed by atoms with Gasteiger partial charge >= 0.3 is 0 Å². The molecule has 1 aliphatic heterocycles. The van der Waals surface area contributed by atoms with E-state index in [0.29, 0.717) is 18.7 Å². The van der Waals surface area contributed by atoms with Gasteiger partial charge in [-0.15, -0.1) is 0 Å². The van der Waals surface area contributed by atoms with Crippen molar-refractivity contribution in [2.75, 3.05) is 26.2 Å². The summed E-state index contributed by atoms with van der Waals surface area (Å²) in [6, 6.07) is 11.5. The number of rotatable bonds is 7. The van der Waals surface area contributed by atoms with E-state index in [2.05, 4.69) is 47.5 Å². The third kappa shape index (κ3) is 5.10. The molecule has 2 rings (SSSR count). The molecule has 3 nitrogen and oxygen atoms in total. The molecule has 0 bridgehead atoms. The Bertz CT molecular complexity index is 382. The zero-order chi connectivity index (χ0) is 14.9. The molecule has 1 aliphatic rings. The van der Waals surface area contributed by atoms with Crippen LogP contribution in [-0.4, -0.2) is 42.3 Å². The molecular weight excluding hydrogens is 260 g/mol. The fourth-order valence-corrected chi connectivity index (χ4v) is 3.35. The van der Waals surface area contributed by atoms with E-state index in [1.807, 2.05) is 0 Å². The van der Waals surface area contributed by atoms with Crippen molar-refractivity contribution in [3.05, 3.63) is 35.9 Å². The van der Waals surface area contributed by atoms with Gasteiger partial charge in [-0.2, -0.15) is 0 Å². The molecular formula is C18H30N2O. The summed E-state index contributed by atoms with van der Waals surface area (Å²) in [7, 11) is 0. The molecule has 1 aromatic rings. The minimum atomic E-state index is 0.303. The predicted molar refractivity (Wildman–Crippen MR) is 88.4 cm³/mol. The van der Waals surface area contributed by atoms with Crippen molar-refractivity contribution >= 4 is 0 Å². The highest BCUT2D eigenvalue weighted by Gasteiger charge is 2.21. The summed E-state index contributed by atoms with van der Waals surface area (Å²) >= 11 is 0. The highest BCUT2D eigenvalue weighted by molar-refractivity contribution is 5.18. The molecule has 1 heterocycles. The van der Waals surface area contributed by atoms with Gasteiger partial charge in [0.15, 0.2) is 0 Å². The molecule has 21 heavy (non-hydrogen) atoms. The second-order valence-corrected chi connectivity index (χ2v) is 6.03. The Balaban J connectivity index is 1.94. The topological polar surface area (TPSA) is 35.5 Å². The Hall–Kier alpha value is -0.900. The van der Waals surface area contributed by atoms with Crippen molar-refractivity contribution in [2.24, 2.45) is 0 Å². The summed E-state index contributed by atoms with van der Waals surface area (Å²) in [6.07, 6.45) is 6.09. The Kier molecular flexibility index (Phi) is 7.20. The van der Waals surface area contributed by atoms with E-state index >= 15 is 0 Å². The van der Waals surface area contributed by atoms with Gasteiger partial charge in [0, 0.05) is 18.6 Å². The average Bonchev–Trinajstić information content (AvgIpc) is 2.77. The molecule has 1 saturated heterocycles. The number of nitrogens with one attached hydrogen (secondary N) is 1. The van der Waals surface area contributed by atoms with Crippen molar-refractivity contribution in [3.63, 3.8) is 0 Å². The van der Waals surface area contributed by atoms with Crippen LogP contribution in [0.1, 0.15) is 50.6 Å². The van der Waals surface area contributed by atoms with Gasteiger partial charge in [-0.05, 0) is 37.9 Å². The van der Waals surface area contributed by atoms with Gasteiger partial charge in [-0.25, -0.2) is 0 Å². The maximum Gasteiger partial charge on any atom is 0.0586 e. The molecule has 1 aromatic carbocycles. The van der Waals surface area contributed by atoms with Crippen LogP contribution < -0.4 is 5.32 Å². The van der Waals surface area contributed by atoms with E-state index in [-0.39, 0.29) is 0 Å². The van der Waals surface area contributed by atoms with Crippen LogP contribution in [0, 0.1) is 0 Å². The van der Waals surface area contributed by atoms with Gasteiger partial charge < -0.3 is 10.4 Å². The molecule has 0 spiro atoms. The summed E-state index contributed by atoms with van der Waals surface area (Å²) in [5.74, 6) is 0. The van der Waals surface area contributed by atoms with Gasteiger partial charge in [0.05, 0.1) is 6.61 Å². The summed E-state index contributed by atoms with van der Waals surface area (Å²) in [4.78, 5) is 2.50. The first-order valence-electron chi connectivity index (χ1n) is 8.48. The maximum atomic E-state index is 9.61. The van der Waals surface area contributed by atoms with Gasteiger partial charge in [-0.3, -0.25) is 4.90 Å². The molecule has 0 saturated carbocycles. The molecule has 118 valence electrons. The number of aliphatic hydroxyl groups is 1. The van der Waals surface area contributed by atoms with Crippen LogP contribution in [0.2, 0.25) is 0 Å². The maximum absolute atomic E-state index is 9.61. The van der Waals surface area contributed by atoms with Crippen molar-refractivity contribution in [3.8, 4) is 0 Å². The van der Waals surface area contributed by atoms with Crippen LogP contribution in [0.25, 0.3) is 0 Å². The Morgan fingerprint density at radius 3 is 2.76 bits per heavy atom. The number of likely N-dealkylation sites (tertiary alicyclic amines) is 1. The smallest absolute Gasteiger partial charge is 0.0586 e. The van der Waals surface area contributed by atoms with Crippen molar-refractivity contribution in [1.82, 2.24) is 10.2 Å². The zero-order valence-corrected chi connectivity index (χ0v) is 13.3. The lowest BCUT2D eigenvalue weighted by Crippen LogP contribution is -2.39. The molecule has 2 atom stereocenters. The van der Waals surface area contributed by atoms with Gasteiger partial charge in [0.25, 0.3) is 0 Å². The summed E-state index contributed by atoms with van der Waals surface area (Å²) in [5, 5.41) is 13.2. The molecule has 0 aliphatic carbocycles. The fraction of sp³-hybridized carbons (Fsp3) is 0.667. The highest BCUT2D eigenvalue weighted by atomic mass is 16.3. The molecule has 1 fully saturated rings. The third-order valence-corrected chi connectivity index (χ3v) is 4.57. The SMILES string of the molecule is CCNC(CCN1CCCCCC1CO)c1ccccc1. The van der Waals surface area contributed by atoms with Crippen LogP contribution in [0.4, 0.5) is 0 Å². The van der Waals surface area contributed by atoms with Gasteiger partial charge in [-0.1, -0.05) is 50.1 Å². The minimum Gasteiger partial charge on any atom is -0.395 e. The predicted octanol–water partition coefficient (Wildman–Crippen LogP) is 2.96. The van der Waals surface area contributed by atoms with Gasteiger partial charge in [0.2, 0.25) is 0 Å². The molecule has 3 heteroatoms. The van der Waals surface area contributed by atoms with E-state index in [9.17, 15) is 5.11 Å². The van der Waals surface area contributed by atoms with E-state index in [0.717, 1.165) is 32.5 Å². The Labute approximate surface area is 129 Å². The molecule has 2 N–H and O–H groups in total. The van der Waals surface area contributed by atoms with E-state index in [4.69, 9.17) is 0 Å². The quantitative estimate of drug-likeness (QED) is 0.810. The molecule has 0 amide bonds. The first-order valence-corrected chi connectivity index (χ1v) is 8.48. The second-order valence-electron chi connectivity index (χ2n) is 6.03. The standard InChI is InChI=1S/C18H30N2O/c1-2-19-18(16-9-5-3-6-10-16)12-14-20-13-8-4-7-11-17(20)15-21/h3,5-6,9-10,17-19,21H,2,4,7-8,11-15H2,1H3. The lowest BCUT2D eigenvalue weighted by atomic mass is 10.0. The number of nitrogens with zero attached hydrogens (tertiary/aromatic N) is 1. The third-order valence-electron chi connectivity index (χ3n) is 4.57. The van der Waals surface area contributed by atoms with Crippen LogP contribution >= 0.6 is 0 Å². The molecule has 0 aromatic heterocycles. The number of benzene rings is 1. The van der Waals surface area contributed by atoms with E-state index < -0.39 is 0 Å². The number of hydrogen-bond acceptors (Lipinski definition) is 3. The van der Waals surface area contributed by atoms with Crippen molar-refractivity contribution < 1.29 is 5.11 Å². The molecule has 0 radical (unpaired) electrons. The highest BCUT2D eigenvalue weighted by Crippen LogP contribution is 2.21. The Morgan fingerprint density at radius 2 is 2.05 bits per heavy atom. The van der Waals surface area contributed by atoms with Crippen molar-refractivity contribution in [1.29, 1.82) is 0 Å². The van der Waals surface area contributed by atoms with Gasteiger partial charge in [0.1, 0.15) is 0 Å². The van der Waals surface area contributed by atoms with Crippen LogP contribution in [0.15, 0.2) is 30.3 Å². The lowest BCUT2D eigenvalue weighted by Gasteiger charge is -2.30. The van der Waals surface area contributed by atoms with E-state index in [1.54, 1.807) is 0 Å². The first-order chi connectivity index (χ1) is 10.3. The summed E-state index contributed by atoms with van der Waals surface area (Å²) in [5.41, 5.74) is 1.37. The normalized spacial score (nSPS) is 21.9. The fourth-order valence-electron chi connectivity index (χ4n) is 3.35. The average molecular weight is 290 g/mol.